The van der Waals surface area contributed by atoms with Gasteiger partial charge in [0, 0.05) is 1.37 Å². The van der Waals surface area contributed by atoms with Gasteiger partial charge in [0.2, 0.25) is 0 Å². The molecule has 0 N–H and O–H groups in total. The van der Waals surface area contributed by atoms with Crippen LogP contribution < -0.4 is 0 Å². The van der Waals surface area contributed by atoms with Crippen LogP contribution in [0.3, 0.4) is 0 Å². The summed E-state index contributed by atoms with van der Waals surface area (Å²) in [6.45, 7) is 11.1. The van der Waals surface area contributed by atoms with Gasteiger partial charge >= 0.3 is 0 Å². The molecule has 66 valence electrons. The summed E-state index contributed by atoms with van der Waals surface area (Å²) in [7, 11) is 0. The molecule has 0 heterocycles. The van der Waals surface area contributed by atoms with E-state index >= 15 is 0 Å². The SMILES string of the molecule is [2H]C1(C)C(C)(C)CCCC1(C)C. The molecule has 1 rings (SSSR count). The fraction of sp³-hybridized carbons (Fsp3) is 1.00. The largest absolute Gasteiger partial charge is 0.0615 e. The molecule has 0 aromatic heterocycles. The van der Waals surface area contributed by atoms with E-state index in [4.69, 9.17) is 1.37 Å². The summed E-state index contributed by atoms with van der Waals surface area (Å²) in [5.74, 6) is -0.280. The molecule has 11 heavy (non-hydrogen) atoms. The van der Waals surface area contributed by atoms with E-state index in [2.05, 4.69) is 34.6 Å². The van der Waals surface area contributed by atoms with Gasteiger partial charge in [-0.25, -0.2) is 0 Å². The summed E-state index contributed by atoms with van der Waals surface area (Å²) in [4.78, 5) is 0. The van der Waals surface area contributed by atoms with Gasteiger partial charge in [-0.3, -0.25) is 0 Å². The highest BCUT2D eigenvalue weighted by Crippen LogP contribution is 2.50. The highest BCUT2D eigenvalue weighted by molar-refractivity contribution is 4.90. The second kappa shape index (κ2) is 2.50. The molecule has 0 heteroatoms. The summed E-state index contributed by atoms with van der Waals surface area (Å²) >= 11 is 0. The molecule has 0 bridgehead atoms. The lowest BCUT2D eigenvalue weighted by atomic mass is 9.58. The number of hydrogen-bond donors (Lipinski definition) is 0. The van der Waals surface area contributed by atoms with Gasteiger partial charge in [-0.05, 0) is 29.6 Å². The third kappa shape index (κ3) is 1.60. The van der Waals surface area contributed by atoms with Crippen molar-refractivity contribution >= 4 is 0 Å². The highest BCUT2D eigenvalue weighted by atomic mass is 14.4. The third-order valence-electron chi connectivity index (χ3n) is 3.63. The average Bonchev–Trinajstić information content (AvgIpc) is 1.83. The molecule has 0 unspecified atom stereocenters. The molecule has 0 amide bonds. The summed E-state index contributed by atoms with van der Waals surface area (Å²) in [6.07, 6.45) is 3.70. The Bertz CT molecular complexity index is 159. The second-order valence-corrected chi connectivity index (χ2v) is 5.25. The van der Waals surface area contributed by atoms with Gasteiger partial charge in [0.15, 0.2) is 0 Å². The quantitative estimate of drug-likeness (QED) is 0.498. The standard InChI is InChI=1S/C11H22/c1-9-10(2,3)7-6-8-11(9,4)5/h9H,6-8H2,1-5H3/i9D. The summed E-state index contributed by atoms with van der Waals surface area (Å²) in [5.41, 5.74) is 0.351. The summed E-state index contributed by atoms with van der Waals surface area (Å²) < 4.78 is 8.43. The monoisotopic (exact) mass is 155 g/mol. The molecule has 0 atom stereocenters. The molecule has 0 nitrogen and oxygen atoms in total. The van der Waals surface area contributed by atoms with Crippen molar-refractivity contribution in [1.82, 2.24) is 0 Å². The van der Waals surface area contributed by atoms with Gasteiger partial charge in [-0.2, -0.15) is 0 Å². The number of hydrogen-bond acceptors (Lipinski definition) is 0. The Morgan fingerprint density at radius 1 is 1.09 bits per heavy atom. The van der Waals surface area contributed by atoms with Crippen molar-refractivity contribution < 1.29 is 1.37 Å². The van der Waals surface area contributed by atoms with E-state index in [-0.39, 0.29) is 16.7 Å². The topological polar surface area (TPSA) is 0 Å². The first kappa shape index (κ1) is 7.64. The fourth-order valence-corrected chi connectivity index (χ4v) is 2.26. The molecule has 1 fully saturated rings. The van der Waals surface area contributed by atoms with Crippen LogP contribution in [0.5, 0.6) is 0 Å². The van der Waals surface area contributed by atoms with E-state index in [0.717, 1.165) is 0 Å². The zero-order chi connectivity index (χ0) is 9.62. The van der Waals surface area contributed by atoms with Crippen LogP contribution in [0.4, 0.5) is 0 Å². The zero-order valence-corrected chi connectivity index (χ0v) is 8.62. The van der Waals surface area contributed by atoms with Crippen LogP contribution in [0, 0.1) is 16.7 Å². The fourth-order valence-electron chi connectivity index (χ4n) is 2.26. The van der Waals surface area contributed by atoms with Crippen LogP contribution in [0.2, 0.25) is 0 Å². The van der Waals surface area contributed by atoms with Gasteiger partial charge in [0.05, 0.1) is 0 Å². The van der Waals surface area contributed by atoms with Crippen molar-refractivity contribution in [2.24, 2.45) is 16.7 Å². The van der Waals surface area contributed by atoms with Gasteiger partial charge in [0.1, 0.15) is 0 Å². The molecule has 0 saturated heterocycles. The maximum atomic E-state index is 8.43. The Hall–Kier alpha value is 0. The van der Waals surface area contributed by atoms with E-state index < -0.39 is 0 Å². The van der Waals surface area contributed by atoms with Crippen molar-refractivity contribution in [2.45, 2.75) is 53.9 Å². The van der Waals surface area contributed by atoms with E-state index in [1.807, 2.05) is 0 Å². The second-order valence-electron chi connectivity index (χ2n) is 5.25. The first-order valence-electron chi connectivity index (χ1n) is 5.21. The van der Waals surface area contributed by atoms with Crippen molar-refractivity contribution in [3.05, 3.63) is 0 Å². The van der Waals surface area contributed by atoms with Gasteiger partial charge < -0.3 is 0 Å². The Balaban J connectivity index is 2.99. The molecule has 0 radical (unpaired) electrons. The van der Waals surface area contributed by atoms with E-state index in [0.29, 0.717) is 0 Å². The minimum Gasteiger partial charge on any atom is -0.0615 e. The lowest BCUT2D eigenvalue weighted by molar-refractivity contribution is 0.0286. The highest BCUT2D eigenvalue weighted by Gasteiger charge is 2.40. The third-order valence-corrected chi connectivity index (χ3v) is 3.63. The van der Waals surface area contributed by atoms with Crippen molar-refractivity contribution in [3.63, 3.8) is 0 Å². The van der Waals surface area contributed by atoms with Crippen LogP contribution in [0.1, 0.15) is 55.3 Å². The number of rotatable bonds is 0. The molecule has 1 aliphatic carbocycles. The van der Waals surface area contributed by atoms with Crippen LogP contribution in [0.15, 0.2) is 0 Å². The molecule has 0 spiro atoms. The summed E-state index contributed by atoms with van der Waals surface area (Å²) in [5, 5.41) is 0. The minimum atomic E-state index is -0.280. The van der Waals surface area contributed by atoms with E-state index in [1.54, 1.807) is 0 Å². The Labute approximate surface area is 72.8 Å². The normalized spacial score (nSPS) is 34.5. The minimum absolute atomic E-state index is 0.175. The zero-order valence-electron chi connectivity index (χ0n) is 9.62. The van der Waals surface area contributed by atoms with E-state index in [9.17, 15) is 0 Å². The van der Waals surface area contributed by atoms with Crippen LogP contribution in [-0.4, -0.2) is 0 Å². The molecule has 0 aromatic carbocycles. The van der Waals surface area contributed by atoms with E-state index in [1.165, 1.54) is 19.3 Å². The summed E-state index contributed by atoms with van der Waals surface area (Å²) in [6, 6.07) is 0. The molecule has 1 aliphatic rings. The van der Waals surface area contributed by atoms with Gasteiger partial charge in [-0.1, -0.05) is 41.0 Å². The van der Waals surface area contributed by atoms with Crippen LogP contribution >= 0.6 is 0 Å². The Morgan fingerprint density at radius 3 is 1.73 bits per heavy atom. The molecule has 0 aliphatic heterocycles. The van der Waals surface area contributed by atoms with Gasteiger partial charge in [-0.15, -0.1) is 0 Å². The maximum Gasteiger partial charge on any atom is 0.0311 e. The van der Waals surface area contributed by atoms with Crippen molar-refractivity contribution in [3.8, 4) is 0 Å². The lowest BCUT2D eigenvalue weighted by Gasteiger charge is -2.47. The Morgan fingerprint density at radius 2 is 1.45 bits per heavy atom. The van der Waals surface area contributed by atoms with Gasteiger partial charge in [0.25, 0.3) is 0 Å². The lowest BCUT2D eigenvalue weighted by Crippen LogP contribution is -2.38. The molecular formula is C11H22. The molecule has 0 aromatic rings. The van der Waals surface area contributed by atoms with Crippen molar-refractivity contribution in [1.29, 1.82) is 0 Å². The first-order chi connectivity index (χ1) is 5.21. The predicted molar refractivity (Wildman–Crippen MR) is 50.6 cm³/mol. The van der Waals surface area contributed by atoms with Crippen LogP contribution in [-0.2, 0) is 0 Å². The predicted octanol–water partition coefficient (Wildman–Crippen LogP) is 3.86. The van der Waals surface area contributed by atoms with Crippen molar-refractivity contribution in [2.75, 3.05) is 0 Å². The average molecular weight is 155 g/mol. The smallest absolute Gasteiger partial charge is 0.0311 e. The molecular weight excluding hydrogens is 132 g/mol. The Kier molecular flexibility index (Phi) is 1.74. The molecule has 1 saturated carbocycles. The maximum absolute atomic E-state index is 8.43. The first-order valence-corrected chi connectivity index (χ1v) is 4.71. The van der Waals surface area contributed by atoms with Crippen LogP contribution in [0.25, 0.3) is 0 Å².